The molecule has 0 saturated heterocycles. The minimum atomic E-state index is -0.185. The molecule has 0 atom stereocenters. The van der Waals surface area contributed by atoms with Gasteiger partial charge in [0, 0.05) is 54.8 Å². The molecule has 13 aromatic rings. The van der Waals surface area contributed by atoms with Gasteiger partial charge in [0.05, 0.1) is 27.8 Å². The highest BCUT2D eigenvalue weighted by Gasteiger charge is 2.37. The van der Waals surface area contributed by atoms with Crippen molar-refractivity contribution < 1.29 is 0 Å². The SMILES string of the molecule is CC1(C)c2ccccc2-c2c(-c3nc(-c4ccccc4)nc(-c4ccccc4-n4c5ccccc5c5ccc6c(c7ccccc7n6-c6nc(-c7ccccc7)nc(-c7ccccc7)n6)c54)n3)cccc21. The van der Waals surface area contributed by atoms with Crippen molar-refractivity contribution in [2.24, 2.45) is 0 Å². The second-order valence-corrected chi connectivity index (χ2v) is 18.7. The number of benzene rings is 9. The van der Waals surface area contributed by atoms with E-state index in [1.54, 1.807) is 0 Å². The van der Waals surface area contributed by atoms with E-state index < -0.39 is 0 Å². The van der Waals surface area contributed by atoms with E-state index in [0.29, 0.717) is 35.1 Å². The molecule has 0 bridgehead atoms. The first-order valence-corrected chi connectivity index (χ1v) is 24.0. The summed E-state index contributed by atoms with van der Waals surface area (Å²) in [6.07, 6.45) is 0. The summed E-state index contributed by atoms with van der Waals surface area (Å²) in [6.45, 7) is 4.61. The third-order valence-corrected chi connectivity index (χ3v) is 14.3. The largest absolute Gasteiger partial charge is 0.308 e. The van der Waals surface area contributed by atoms with E-state index in [1.807, 2.05) is 78.9 Å². The Labute approximate surface area is 409 Å². The van der Waals surface area contributed by atoms with Gasteiger partial charge in [-0.3, -0.25) is 4.57 Å². The smallest absolute Gasteiger partial charge is 0.238 e. The number of hydrogen-bond donors (Lipinski definition) is 0. The molecule has 9 aromatic carbocycles. The maximum Gasteiger partial charge on any atom is 0.238 e. The predicted molar refractivity (Wildman–Crippen MR) is 287 cm³/mol. The molecule has 0 unspecified atom stereocenters. The molecule has 8 nitrogen and oxygen atoms in total. The monoisotopic (exact) mass is 910 g/mol. The molecule has 8 heteroatoms. The Morgan fingerprint density at radius 1 is 0.324 bits per heavy atom. The zero-order valence-electron chi connectivity index (χ0n) is 38.9. The molecule has 0 N–H and O–H groups in total. The predicted octanol–water partition coefficient (Wildman–Crippen LogP) is 14.9. The molecule has 334 valence electrons. The van der Waals surface area contributed by atoms with E-state index in [0.717, 1.165) is 77.1 Å². The second kappa shape index (κ2) is 15.8. The van der Waals surface area contributed by atoms with Gasteiger partial charge in [-0.1, -0.05) is 202 Å². The number of nitrogens with zero attached hydrogens (tertiary/aromatic N) is 8. The number of aromatic nitrogens is 8. The lowest BCUT2D eigenvalue weighted by molar-refractivity contribution is 0.660. The molecule has 0 aliphatic heterocycles. The topological polar surface area (TPSA) is 87.2 Å². The van der Waals surface area contributed by atoms with Gasteiger partial charge in [-0.15, -0.1) is 0 Å². The van der Waals surface area contributed by atoms with Crippen LogP contribution in [0.15, 0.2) is 218 Å². The Bertz CT molecular complexity index is 4190. The quantitative estimate of drug-likeness (QED) is 0.158. The zero-order valence-corrected chi connectivity index (χ0v) is 38.9. The minimum Gasteiger partial charge on any atom is -0.308 e. The number of rotatable bonds is 7. The lowest BCUT2D eigenvalue weighted by atomic mass is 9.82. The molecule has 71 heavy (non-hydrogen) atoms. The summed E-state index contributed by atoms with van der Waals surface area (Å²) in [4.78, 5) is 31.7. The second-order valence-electron chi connectivity index (χ2n) is 18.7. The Morgan fingerprint density at radius 3 is 1.48 bits per heavy atom. The molecule has 0 radical (unpaired) electrons. The molecule has 4 aromatic heterocycles. The van der Waals surface area contributed by atoms with Gasteiger partial charge in [0.25, 0.3) is 0 Å². The molecule has 0 fully saturated rings. The summed E-state index contributed by atoms with van der Waals surface area (Å²) in [5.41, 5.74) is 14.4. The molecule has 1 aliphatic rings. The molecule has 0 spiro atoms. The Kier molecular flexibility index (Phi) is 9.06. The Hall–Kier alpha value is -9.40. The van der Waals surface area contributed by atoms with Crippen LogP contribution in [0.3, 0.4) is 0 Å². The van der Waals surface area contributed by atoms with Gasteiger partial charge >= 0.3 is 0 Å². The first-order chi connectivity index (χ1) is 35.0. The van der Waals surface area contributed by atoms with Crippen LogP contribution in [0.25, 0.3) is 123 Å². The van der Waals surface area contributed by atoms with E-state index in [9.17, 15) is 0 Å². The zero-order chi connectivity index (χ0) is 47.2. The van der Waals surface area contributed by atoms with Crippen LogP contribution in [0.2, 0.25) is 0 Å². The summed E-state index contributed by atoms with van der Waals surface area (Å²) in [6, 6.07) is 76.0. The molecule has 0 amide bonds. The summed E-state index contributed by atoms with van der Waals surface area (Å²) in [7, 11) is 0. The van der Waals surface area contributed by atoms with Crippen LogP contribution in [0, 0.1) is 0 Å². The van der Waals surface area contributed by atoms with Crippen LogP contribution in [0.1, 0.15) is 25.0 Å². The van der Waals surface area contributed by atoms with Gasteiger partial charge in [0.15, 0.2) is 29.1 Å². The molecular formula is C63H42N8. The van der Waals surface area contributed by atoms with E-state index in [2.05, 4.69) is 163 Å². The highest BCUT2D eigenvalue weighted by molar-refractivity contribution is 6.26. The Morgan fingerprint density at radius 2 is 0.803 bits per heavy atom. The summed E-state index contributed by atoms with van der Waals surface area (Å²) in [5, 5.41) is 4.41. The number of hydrogen-bond acceptors (Lipinski definition) is 6. The molecule has 4 heterocycles. The highest BCUT2D eigenvalue weighted by atomic mass is 15.2. The third-order valence-electron chi connectivity index (χ3n) is 14.3. The van der Waals surface area contributed by atoms with Crippen LogP contribution >= 0.6 is 0 Å². The fraction of sp³-hybridized carbons (Fsp3) is 0.0476. The van der Waals surface area contributed by atoms with Gasteiger partial charge in [-0.05, 0) is 52.6 Å². The third kappa shape index (κ3) is 6.31. The van der Waals surface area contributed by atoms with Crippen molar-refractivity contribution in [3.05, 3.63) is 230 Å². The number of para-hydroxylation sites is 3. The average molecular weight is 911 g/mol. The lowest BCUT2D eigenvalue weighted by Gasteiger charge is -2.21. The normalized spacial score (nSPS) is 12.8. The van der Waals surface area contributed by atoms with Crippen molar-refractivity contribution in [2.45, 2.75) is 19.3 Å². The Balaban J connectivity index is 1.04. The van der Waals surface area contributed by atoms with Crippen LogP contribution < -0.4 is 0 Å². The fourth-order valence-electron chi connectivity index (χ4n) is 11.0. The van der Waals surface area contributed by atoms with Crippen molar-refractivity contribution in [3.8, 4) is 79.7 Å². The van der Waals surface area contributed by atoms with Crippen LogP contribution in [0.4, 0.5) is 0 Å². The van der Waals surface area contributed by atoms with Crippen LogP contribution in [-0.4, -0.2) is 39.0 Å². The van der Waals surface area contributed by atoms with E-state index >= 15 is 0 Å². The highest BCUT2D eigenvalue weighted by Crippen LogP contribution is 2.52. The summed E-state index contributed by atoms with van der Waals surface area (Å²) < 4.78 is 4.60. The van der Waals surface area contributed by atoms with Crippen molar-refractivity contribution in [3.63, 3.8) is 0 Å². The van der Waals surface area contributed by atoms with Crippen LogP contribution in [0.5, 0.6) is 0 Å². The van der Waals surface area contributed by atoms with Gasteiger partial charge in [-0.25, -0.2) is 19.9 Å². The lowest BCUT2D eigenvalue weighted by Crippen LogP contribution is -2.14. The summed E-state index contributed by atoms with van der Waals surface area (Å²) in [5.74, 6) is 3.56. The van der Waals surface area contributed by atoms with Gasteiger partial charge in [0.2, 0.25) is 5.95 Å². The number of fused-ring (bicyclic) bond motifs is 10. The molecular weight excluding hydrogens is 869 g/mol. The molecule has 0 saturated carbocycles. The maximum absolute atomic E-state index is 5.49. The van der Waals surface area contributed by atoms with Crippen molar-refractivity contribution in [1.29, 1.82) is 0 Å². The van der Waals surface area contributed by atoms with E-state index in [-0.39, 0.29) is 5.41 Å². The molecule has 14 rings (SSSR count). The van der Waals surface area contributed by atoms with Gasteiger partial charge in [-0.2, -0.15) is 9.97 Å². The van der Waals surface area contributed by atoms with Gasteiger partial charge < -0.3 is 4.57 Å². The van der Waals surface area contributed by atoms with Crippen molar-refractivity contribution >= 4 is 43.6 Å². The first kappa shape index (κ1) is 40.6. The maximum atomic E-state index is 5.49. The van der Waals surface area contributed by atoms with Crippen molar-refractivity contribution in [2.75, 3.05) is 0 Å². The molecule has 1 aliphatic carbocycles. The van der Waals surface area contributed by atoms with Crippen molar-refractivity contribution in [1.82, 2.24) is 39.0 Å². The average Bonchev–Trinajstić information content (AvgIpc) is 4.05. The fourth-order valence-corrected chi connectivity index (χ4v) is 11.0. The first-order valence-electron chi connectivity index (χ1n) is 24.0. The standard InChI is InChI=1S/C63H42N8/c1-63(2)48-32-16-12-28-44(48)54-47(31-20-33-49(54)63)61-66-57(39-21-6-3-7-22-39)65-60(67-61)46-30-15-19-36-52(46)70-50-34-17-13-27-42(50)43-37-38-53-55(56(43)70)45-29-14-18-35-51(45)71(53)62-68-58(40-23-8-4-9-24-40)64-59(69-62)41-25-10-5-11-26-41/h3-38H,1-2H3. The van der Waals surface area contributed by atoms with E-state index in [1.165, 1.54) is 22.3 Å². The summed E-state index contributed by atoms with van der Waals surface area (Å²) >= 11 is 0. The van der Waals surface area contributed by atoms with Crippen LogP contribution in [-0.2, 0) is 5.41 Å². The van der Waals surface area contributed by atoms with Gasteiger partial charge in [0.1, 0.15) is 0 Å². The minimum absolute atomic E-state index is 0.185. The van der Waals surface area contributed by atoms with E-state index in [4.69, 9.17) is 29.9 Å².